The molecule has 0 spiro atoms. The second kappa shape index (κ2) is 14.8. The molecule has 3 atom stereocenters. The van der Waals surface area contributed by atoms with Crippen LogP contribution in [0.2, 0.25) is 0 Å². The maximum absolute atomic E-state index is 11.6. The number of unbranched alkanes of at least 4 members (excludes halogenated alkanes) is 6. The topological polar surface area (TPSA) is 35.5 Å². The van der Waals surface area contributed by atoms with Crippen LogP contribution in [-0.4, -0.2) is 18.7 Å². The van der Waals surface area contributed by atoms with Crippen molar-refractivity contribution in [2.24, 2.45) is 5.92 Å². The van der Waals surface area contributed by atoms with Gasteiger partial charge in [0.15, 0.2) is 6.10 Å². The van der Waals surface area contributed by atoms with Crippen molar-refractivity contribution < 1.29 is 14.1 Å². The lowest BCUT2D eigenvalue weighted by Gasteiger charge is -2.18. The molecule has 4 heteroatoms. The number of carbonyl (C=O) groups excluding carboxylic acids is 1. The van der Waals surface area contributed by atoms with E-state index in [9.17, 15) is 4.79 Å². The minimum Gasteiger partial charge on any atom is -0.463 e. The van der Waals surface area contributed by atoms with Crippen molar-refractivity contribution in [1.29, 1.82) is 0 Å². The van der Waals surface area contributed by atoms with E-state index in [0.717, 1.165) is 6.42 Å². The van der Waals surface area contributed by atoms with E-state index in [1.165, 1.54) is 57.8 Å². The van der Waals surface area contributed by atoms with Gasteiger partial charge in [-0.05, 0) is 25.7 Å². The highest BCUT2D eigenvalue weighted by Crippen LogP contribution is 2.18. The predicted molar refractivity (Wildman–Crippen MR) is 92.2 cm³/mol. The second-order valence-electron chi connectivity index (χ2n) is 5.97. The molecule has 0 N–H and O–H groups in total. The van der Waals surface area contributed by atoms with E-state index in [0.29, 0.717) is 12.5 Å². The first-order valence-corrected chi connectivity index (χ1v) is 9.14. The van der Waals surface area contributed by atoms with Crippen molar-refractivity contribution in [3.05, 3.63) is 0 Å². The number of rotatable bonds is 14. The number of esters is 1. The van der Waals surface area contributed by atoms with Gasteiger partial charge in [-0.3, -0.25) is 0 Å². The number of hydrogen-bond acceptors (Lipinski definition) is 3. The Morgan fingerprint density at radius 1 is 0.952 bits per heavy atom. The fourth-order valence-electron chi connectivity index (χ4n) is 2.39. The largest absolute Gasteiger partial charge is 0.463 e. The molecular formula is C17H35O3P. The number of carbonyl (C=O) groups is 1. The van der Waals surface area contributed by atoms with E-state index in [4.69, 9.17) is 9.26 Å². The molecule has 0 radical (unpaired) electrons. The van der Waals surface area contributed by atoms with Crippen molar-refractivity contribution in [3.63, 3.8) is 0 Å². The molecule has 3 nitrogen and oxygen atoms in total. The zero-order valence-electron chi connectivity index (χ0n) is 14.2. The van der Waals surface area contributed by atoms with Crippen molar-refractivity contribution in [2.45, 2.75) is 91.1 Å². The Bertz CT molecular complexity index is 246. The van der Waals surface area contributed by atoms with Crippen LogP contribution in [0.15, 0.2) is 0 Å². The molecule has 0 aromatic carbocycles. The van der Waals surface area contributed by atoms with E-state index in [-0.39, 0.29) is 5.97 Å². The van der Waals surface area contributed by atoms with Crippen molar-refractivity contribution >= 4 is 15.4 Å². The Labute approximate surface area is 133 Å². The molecule has 0 aliphatic carbocycles. The summed E-state index contributed by atoms with van der Waals surface area (Å²) in [5.74, 6) is 0.256. The fraction of sp³-hybridized carbons (Fsp3) is 0.941. The van der Waals surface area contributed by atoms with Crippen molar-refractivity contribution in [1.82, 2.24) is 0 Å². The zero-order valence-corrected chi connectivity index (χ0v) is 15.4. The van der Waals surface area contributed by atoms with Gasteiger partial charge in [-0.1, -0.05) is 65.2 Å². The molecule has 0 aromatic rings. The van der Waals surface area contributed by atoms with Crippen molar-refractivity contribution in [2.75, 3.05) is 6.61 Å². The van der Waals surface area contributed by atoms with Gasteiger partial charge in [0.25, 0.3) is 0 Å². The van der Waals surface area contributed by atoms with E-state index in [1.807, 2.05) is 0 Å². The highest BCUT2D eigenvalue weighted by molar-refractivity contribution is 7.09. The molecule has 0 aliphatic rings. The molecular weight excluding hydrogens is 283 g/mol. The van der Waals surface area contributed by atoms with Crippen LogP contribution in [0.25, 0.3) is 0 Å². The van der Waals surface area contributed by atoms with E-state index >= 15 is 0 Å². The molecule has 0 amide bonds. The number of hydrogen-bond donors (Lipinski definition) is 0. The third-order valence-electron chi connectivity index (χ3n) is 3.93. The lowest BCUT2D eigenvalue weighted by Crippen LogP contribution is -2.23. The molecule has 0 rings (SSSR count). The minimum atomic E-state index is -0.490. The summed E-state index contributed by atoms with van der Waals surface area (Å²) in [7, 11) is 2.11. The molecule has 126 valence electrons. The van der Waals surface area contributed by atoms with Crippen LogP contribution in [0.3, 0.4) is 0 Å². The Kier molecular flexibility index (Phi) is 14.7. The van der Waals surface area contributed by atoms with Crippen LogP contribution in [0.4, 0.5) is 0 Å². The van der Waals surface area contributed by atoms with E-state index in [2.05, 4.69) is 23.3 Å². The Balaban J connectivity index is 3.88. The average molecular weight is 318 g/mol. The molecule has 0 fully saturated rings. The summed E-state index contributed by atoms with van der Waals surface area (Å²) in [6.45, 7) is 6.71. The first-order valence-electron chi connectivity index (χ1n) is 8.67. The third-order valence-corrected chi connectivity index (χ3v) is 4.34. The monoisotopic (exact) mass is 318 g/mol. The van der Waals surface area contributed by atoms with Gasteiger partial charge in [0, 0.05) is 9.47 Å². The van der Waals surface area contributed by atoms with Gasteiger partial charge in [0.05, 0.1) is 6.61 Å². The summed E-state index contributed by atoms with van der Waals surface area (Å²) < 4.78 is 10.3. The molecule has 0 saturated heterocycles. The summed E-state index contributed by atoms with van der Waals surface area (Å²) >= 11 is 0. The highest BCUT2D eigenvalue weighted by atomic mass is 31.0. The standard InChI is InChI=1S/C17H35O3P/c1-4-6-8-9-10-11-13-16(12-7-5-2)14-19-17(18)15(3)20-21/h15-16H,4-14,21H2,1-3H3. The smallest absolute Gasteiger partial charge is 0.335 e. The molecule has 0 aromatic heterocycles. The minimum absolute atomic E-state index is 0.255. The molecule has 3 unspecified atom stereocenters. The quantitative estimate of drug-likeness (QED) is 0.248. The highest BCUT2D eigenvalue weighted by Gasteiger charge is 2.16. The van der Waals surface area contributed by atoms with Crippen LogP contribution < -0.4 is 0 Å². The SMILES string of the molecule is CCCCCCCCC(CCCC)COC(=O)C(C)OP. The van der Waals surface area contributed by atoms with Crippen LogP contribution in [-0.2, 0) is 14.1 Å². The van der Waals surface area contributed by atoms with Crippen LogP contribution in [0, 0.1) is 5.92 Å². The Morgan fingerprint density at radius 2 is 1.52 bits per heavy atom. The van der Waals surface area contributed by atoms with Crippen LogP contribution in [0.5, 0.6) is 0 Å². The summed E-state index contributed by atoms with van der Waals surface area (Å²) in [6, 6.07) is 0. The second-order valence-corrected chi connectivity index (χ2v) is 6.25. The van der Waals surface area contributed by atoms with E-state index in [1.54, 1.807) is 6.92 Å². The lowest BCUT2D eigenvalue weighted by molar-refractivity contribution is -0.152. The lowest BCUT2D eigenvalue weighted by atomic mass is 9.96. The zero-order chi connectivity index (χ0) is 15.9. The number of ether oxygens (including phenoxy) is 1. The van der Waals surface area contributed by atoms with Gasteiger partial charge in [0.1, 0.15) is 0 Å². The maximum atomic E-state index is 11.6. The molecule has 0 bridgehead atoms. The Hall–Kier alpha value is -0.140. The fourth-order valence-corrected chi connectivity index (χ4v) is 2.50. The van der Waals surface area contributed by atoms with Crippen LogP contribution in [0.1, 0.15) is 85.0 Å². The summed E-state index contributed by atoms with van der Waals surface area (Å²) in [5.41, 5.74) is 0. The third kappa shape index (κ3) is 12.1. The van der Waals surface area contributed by atoms with Crippen LogP contribution >= 0.6 is 9.47 Å². The maximum Gasteiger partial charge on any atom is 0.335 e. The Morgan fingerprint density at radius 3 is 2.14 bits per heavy atom. The van der Waals surface area contributed by atoms with E-state index < -0.39 is 6.10 Å². The van der Waals surface area contributed by atoms with Gasteiger partial charge >= 0.3 is 5.97 Å². The van der Waals surface area contributed by atoms with Gasteiger partial charge in [-0.25, -0.2) is 4.79 Å². The van der Waals surface area contributed by atoms with Gasteiger partial charge < -0.3 is 9.26 Å². The van der Waals surface area contributed by atoms with Gasteiger partial charge in [-0.2, -0.15) is 0 Å². The van der Waals surface area contributed by atoms with Crippen molar-refractivity contribution in [3.8, 4) is 0 Å². The summed E-state index contributed by atoms with van der Waals surface area (Å²) in [4.78, 5) is 11.6. The average Bonchev–Trinajstić information content (AvgIpc) is 2.51. The first kappa shape index (κ1) is 20.9. The normalized spacial score (nSPS) is 13.9. The molecule has 0 aliphatic heterocycles. The summed E-state index contributed by atoms with van der Waals surface area (Å²) in [6.07, 6.45) is 12.2. The summed E-state index contributed by atoms with van der Waals surface area (Å²) in [5, 5.41) is 0. The van der Waals surface area contributed by atoms with Gasteiger partial charge in [0.2, 0.25) is 0 Å². The molecule has 0 saturated carbocycles. The predicted octanol–water partition coefficient (Wildman–Crippen LogP) is 5.28. The molecule has 21 heavy (non-hydrogen) atoms. The first-order chi connectivity index (χ1) is 10.2. The molecule has 0 heterocycles. The van der Waals surface area contributed by atoms with Gasteiger partial charge in [-0.15, -0.1) is 0 Å².